The van der Waals surface area contributed by atoms with Crippen LogP contribution >= 0.6 is 0 Å². The molecule has 0 radical (unpaired) electrons. The van der Waals surface area contributed by atoms with Gasteiger partial charge in [-0.15, -0.1) is 0 Å². The predicted molar refractivity (Wildman–Crippen MR) is 103 cm³/mol. The standard InChI is InChI=1S/C21H27N3O3/c1-15-13-20(23-16(2)22-15)27-19-5-4-12-24(14-19)21(25)11-8-17-6-9-18(26-3)10-7-17/h6-7,9-10,13,19H,4-5,8,11-12,14H2,1-3H3/t19-/m1/s1. The Morgan fingerprint density at radius 2 is 2.00 bits per heavy atom. The van der Waals surface area contributed by atoms with Crippen molar-refractivity contribution < 1.29 is 14.3 Å². The molecule has 3 rings (SSSR count). The average molecular weight is 369 g/mol. The van der Waals surface area contributed by atoms with E-state index in [4.69, 9.17) is 9.47 Å². The smallest absolute Gasteiger partial charge is 0.223 e. The van der Waals surface area contributed by atoms with Crippen LogP contribution in [0.15, 0.2) is 30.3 Å². The van der Waals surface area contributed by atoms with Crippen LogP contribution in [0.2, 0.25) is 0 Å². The second-order valence-corrected chi connectivity index (χ2v) is 6.96. The van der Waals surface area contributed by atoms with E-state index in [1.807, 2.05) is 49.1 Å². The summed E-state index contributed by atoms with van der Waals surface area (Å²) >= 11 is 0. The summed E-state index contributed by atoms with van der Waals surface area (Å²) in [7, 11) is 1.65. The van der Waals surface area contributed by atoms with Crippen molar-refractivity contribution in [1.29, 1.82) is 0 Å². The molecule has 0 saturated carbocycles. The molecule has 0 N–H and O–H groups in total. The fourth-order valence-corrected chi connectivity index (χ4v) is 3.38. The summed E-state index contributed by atoms with van der Waals surface area (Å²) in [5.74, 6) is 2.30. The third-order valence-corrected chi connectivity index (χ3v) is 4.75. The van der Waals surface area contributed by atoms with Gasteiger partial charge in [0.2, 0.25) is 11.8 Å². The van der Waals surface area contributed by atoms with Gasteiger partial charge in [-0.05, 0) is 50.8 Å². The number of aromatic nitrogens is 2. The summed E-state index contributed by atoms with van der Waals surface area (Å²) in [5.41, 5.74) is 2.03. The number of benzene rings is 1. The van der Waals surface area contributed by atoms with E-state index in [0.29, 0.717) is 24.7 Å². The molecule has 2 heterocycles. The van der Waals surface area contributed by atoms with Gasteiger partial charge in [-0.2, -0.15) is 4.98 Å². The normalized spacial score (nSPS) is 16.9. The first-order chi connectivity index (χ1) is 13.0. The van der Waals surface area contributed by atoms with Crippen molar-refractivity contribution in [3.8, 4) is 11.6 Å². The van der Waals surface area contributed by atoms with Crippen molar-refractivity contribution in [1.82, 2.24) is 14.9 Å². The molecule has 1 aromatic heterocycles. The van der Waals surface area contributed by atoms with Crippen LogP contribution in [0.25, 0.3) is 0 Å². The van der Waals surface area contributed by atoms with Crippen molar-refractivity contribution in [3.63, 3.8) is 0 Å². The number of nitrogens with zero attached hydrogens (tertiary/aromatic N) is 3. The lowest BCUT2D eigenvalue weighted by Gasteiger charge is -2.32. The Morgan fingerprint density at radius 3 is 2.70 bits per heavy atom. The lowest BCUT2D eigenvalue weighted by atomic mass is 10.1. The number of likely N-dealkylation sites (tertiary alicyclic amines) is 1. The second-order valence-electron chi connectivity index (χ2n) is 6.96. The summed E-state index contributed by atoms with van der Waals surface area (Å²) in [6, 6.07) is 9.71. The largest absolute Gasteiger partial charge is 0.497 e. The van der Waals surface area contributed by atoms with Gasteiger partial charge in [0.25, 0.3) is 0 Å². The zero-order valence-corrected chi connectivity index (χ0v) is 16.3. The molecule has 1 atom stereocenters. The maximum Gasteiger partial charge on any atom is 0.223 e. The summed E-state index contributed by atoms with van der Waals surface area (Å²) in [6.07, 6.45) is 3.10. The van der Waals surface area contributed by atoms with Crippen LogP contribution in [-0.2, 0) is 11.2 Å². The van der Waals surface area contributed by atoms with Crippen molar-refractivity contribution in [2.24, 2.45) is 0 Å². The SMILES string of the molecule is COc1ccc(CCC(=O)N2CCC[C@@H](Oc3cc(C)nc(C)n3)C2)cc1. The third-order valence-electron chi connectivity index (χ3n) is 4.75. The molecule has 1 amide bonds. The molecule has 0 bridgehead atoms. The number of methoxy groups -OCH3 is 1. The van der Waals surface area contributed by atoms with Crippen molar-refractivity contribution in [3.05, 3.63) is 47.4 Å². The van der Waals surface area contributed by atoms with Gasteiger partial charge in [0.1, 0.15) is 17.7 Å². The molecular weight excluding hydrogens is 342 g/mol. The van der Waals surface area contributed by atoms with Crippen LogP contribution in [0.4, 0.5) is 0 Å². The van der Waals surface area contributed by atoms with Gasteiger partial charge in [-0.3, -0.25) is 4.79 Å². The van der Waals surface area contributed by atoms with E-state index in [0.717, 1.165) is 42.8 Å². The van der Waals surface area contributed by atoms with Gasteiger partial charge in [0, 0.05) is 24.7 Å². The zero-order valence-electron chi connectivity index (χ0n) is 16.3. The summed E-state index contributed by atoms with van der Waals surface area (Å²) in [5, 5.41) is 0. The maximum atomic E-state index is 12.6. The second kappa shape index (κ2) is 8.84. The maximum absolute atomic E-state index is 12.6. The minimum Gasteiger partial charge on any atom is -0.497 e. The van der Waals surface area contributed by atoms with Crippen LogP contribution in [0.1, 0.15) is 36.3 Å². The van der Waals surface area contributed by atoms with Gasteiger partial charge < -0.3 is 14.4 Å². The number of carbonyl (C=O) groups excluding carboxylic acids is 1. The molecule has 0 aliphatic carbocycles. The quantitative estimate of drug-likeness (QED) is 0.783. The highest BCUT2D eigenvalue weighted by Crippen LogP contribution is 2.19. The highest BCUT2D eigenvalue weighted by molar-refractivity contribution is 5.76. The summed E-state index contributed by atoms with van der Waals surface area (Å²) in [4.78, 5) is 23.1. The first kappa shape index (κ1) is 19.1. The third kappa shape index (κ3) is 5.42. The number of aryl methyl sites for hydroxylation is 3. The molecule has 1 fully saturated rings. The Balaban J connectivity index is 1.52. The van der Waals surface area contributed by atoms with Crippen molar-refractivity contribution in [2.45, 2.75) is 45.6 Å². The van der Waals surface area contributed by atoms with Gasteiger partial charge in [-0.1, -0.05) is 12.1 Å². The highest BCUT2D eigenvalue weighted by atomic mass is 16.5. The Hall–Kier alpha value is -2.63. The monoisotopic (exact) mass is 369 g/mol. The summed E-state index contributed by atoms with van der Waals surface area (Å²) in [6.45, 7) is 5.19. The van der Waals surface area contributed by atoms with Gasteiger partial charge in [0.15, 0.2) is 0 Å². The van der Waals surface area contributed by atoms with Gasteiger partial charge >= 0.3 is 0 Å². The molecule has 6 nitrogen and oxygen atoms in total. The fourth-order valence-electron chi connectivity index (χ4n) is 3.38. The summed E-state index contributed by atoms with van der Waals surface area (Å²) < 4.78 is 11.2. The first-order valence-electron chi connectivity index (χ1n) is 9.43. The van der Waals surface area contributed by atoms with Crippen LogP contribution in [-0.4, -0.2) is 47.1 Å². The van der Waals surface area contributed by atoms with Gasteiger partial charge in [0.05, 0.1) is 13.7 Å². The number of piperidine rings is 1. The molecule has 0 spiro atoms. The van der Waals surface area contributed by atoms with E-state index in [2.05, 4.69) is 9.97 Å². The molecule has 1 aliphatic heterocycles. The van der Waals surface area contributed by atoms with E-state index < -0.39 is 0 Å². The molecule has 1 aromatic carbocycles. The Labute approximate surface area is 160 Å². The molecule has 144 valence electrons. The van der Waals surface area contributed by atoms with E-state index >= 15 is 0 Å². The average Bonchev–Trinajstić information content (AvgIpc) is 2.66. The number of hydrogen-bond acceptors (Lipinski definition) is 5. The molecule has 1 saturated heterocycles. The Bertz CT molecular complexity index is 756. The molecule has 2 aromatic rings. The first-order valence-corrected chi connectivity index (χ1v) is 9.43. The lowest BCUT2D eigenvalue weighted by molar-refractivity contribution is -0.133. The van der Waals surface area contributed by atoms with Crippen LogP contribution in [0, 0.1) is 13.8 Å². The van der Waals surface area contributed by atoms with Gasteiger partial charge in [-0.25, -0.2) is 4.98 Å². The van der Waals surface area contributed by atoms with E-state index in [1.165, 1.54) is 0 Å². The number of rotatable bonds is 6. The lowest BCUT2D eigenvalue weighted by Crippen LogP contribution is -2.44. The molecular formula is C21H27N3O3. The minimum absolute atomic E-state index is 0.0163. The zero-order chi connectivity index (χ0) is 19.2. The molecule has 1 aliphatic rings. The molecule has 6 heteroatoms. The molecule has 0 unspecified atom stereocenters. The number of hydrogen-bond donors (Lipinski definition) is 0. The van der Waals surface area contributed by atoms with E-state index in [9.17, 15) is 4.79 Å². The number of ether oxygens (including phenoxy) is 2. The fraction of sp³-hybridized carbons (Fsp3) is 0.476. The minimum atomic E-state index is -0.0163. The van der Waals surface area contributed by atoms with Crippen LogP contribution in [0.5, 0.6) is 11.6 Å². The number of amides is 1. The topological polar surface area (TPSA) is 64.5 Å². The molecule has 27 heavy (non-hydrogen) atoms. The van der Waals surface area contributed by atoms with E-state index in [-0.39, 0.29) is 12.0 Å². The van der Waals surface area contributed by atoms with E-state index in [1.54, 1.807) is 7.11 Å². The van der Waals surface area contributed by atoms with Crippen molar-refractivity contribution in [2.75, 3.05) is 20.2 Å². The number of carbonyl (C=O) groups is 1. The highest BCUT2D eigenvalue weighted by Gasteiger charge is 2.25. The Kier molecular flexibility index (Phi) is 6.27. The predicted octanol–water partition coefficient (Wildman–Crippen LogP) is 3.10. The van der Waals surface area contributed by atoms with Crippen LogP contribution < -0.4 is 9.47 Å². The Morgan fingerprint density at radius 1 is 1.22 bits per heavy atom. The van der Waals surface area contributed by atoms with Crippen molar-refractivity contribution >= 4 is 5.91 Å². The van der Waals surface area contributed by atoms with Crippen LogP contribution in [0.3, 0.4) is 0 Å².